The minimum Gasteiger partial charge on any atom is -0.271 e. The van der Waals surface area contributed by atoms with Crippen LogP contribution in [0.5, 0.6) is 0 Å². The Hall–Kier alpha value is -0.380. The number of nitrogens with one attached hydrogen (secondary N) is 1. The van der Waals surface area contributed by atoms with Gasteiger partial charge in [0.2, 0.25) is 0 Å². The average molecular weight is 238 g/mol. The summed E-state index contributed by atoms with van der Waals surface area (Å²) < 4.78 is 0. The lowest BCUT2D eigenvalue weighted by atomic mass is 9.84. The molecule has 0 saturated heterocycles. The summed E-state index contributed by atoms with van der Waals surface area (Å²) in [5.41, 5.74) is 4.40. The molecule has 0 aliphatic heterocycles. The van der Waals surface area contributed by atoms with E-state index in [1.165, 1.54) is 50.5 Å². The van der Waals surface area contributed by atoms with Crippen LogP contribution in [-0.2, 0) is 0 Å². The second-order valence-electron chi connectivity index (χ2n) is 4.81. The molecular weight excluding hydrogens is 216 g/mol. The molecule has 1 heterocycles. The monoisotopic (exact) mass is 238 g/mol. The maximum absolute atomic E-state index is 5.74. The molecule has 2 rings (SSSR count). The van der Waals surface area contributed by atoms with Gasteiger partial charge in [-0.15, -0.1) is 0 Å². The van der Waals surface area contributed by atoms with Crippen LogP contribution in [0.1, 0.15) is 56.6 Å². The largest absolute Gasteiger partial charge is 0.271 e. The summed E-state index contributed by atoms with van der Waals surface area (Å²) in [4.78, 5) is 0. The van der Waals surface area contributed by atoms with Crippen LogP contribution in [0.3, 0.4) is 0 Å². The summed E-state index contributed by atoms with van der Waals surface area (Å²) in [7, 11) is 0. The molecule has 0 radical (unpaired) electrons. The highest BCUT2D eigenvalue weighted by Gasteiger charge is 2.22. The van der Waals surface area contributed by atoms with Crippen LogP contribution in [0.15, 0.2) is 16.8 Å². The zero-order valence-corrected chi connectivity index (χ0v) is 10.6. The average Bonchev–Trinajstić information content (AvgIpc) is 2.75. The van der Waals surface area contributed by atoms with E-state index in [1.807, 2.05) is 0 Å². The zero-order chi connectivity index (χ0) is 11.2. The lowest BCUT2D eigenvalue weighted by molar-refractivity contribution is 0.291. The van der Waals surface area contributed by atoms with E-state index in [0.717, 1.165) is 5.92 Å². The first kappa shape index (κ1) is 12.1. The van der Waals surface area contributed by atoms with Gasteiger partial charge in [0.15, 0.2) is 0 Å². The molecule has 0 amide bonds. The minimum absolute atomic E-state index is 0.365. The fourth-order valence-electron chi connectivity index (χ4n) is 2.78. The number of hydrazine groups is 1. The molecular formula is C13H22N2S. The van der Waals surface area contributed by atoms with Crippen molar-refractivity contribution in [3.63, 3.8) is 0 Å². The van der Waals surface area contributed by atoms with Gasteiger partial charge >= 0.3 is 0 Å². The summed E-state index contributed by atoms with van der Waals surface area (Å²) in [6.45, 7) is 0. The lowest BCUT2D eigenvalue weighted by Crippen LogP contribution is -2.33. The van der Waals surface area contributed by atoms with Crippen molar-refractivity contribution in [3.05, 3.63) is 22.4 Å². The Morgan fingerprint density at radius 1 is 1.19 bits per heavy atom. The van der Waals surface area contributed by atoms with Gasteiger partial charge < -0.3 is 0 Å². The predicted octanol–water partition coefficient (Wildman–Crippen LogP) is 3.61. The summed E-state index contributed by atoms with van der Waals surface area (Å²) in [5, 5.41) is 4.37. The number of hydrogen-bond donors (Lipinski definition) is 2. The van der Waals surface area contributed by atoms with Gasteiger partial charge in [-0.05, 0) is 41.1 Å². The van der Waals surface area contributed by atoms with Crippen molar-refractivity contribution in [2.24, 2.45) is 11.8 Å². The molecule has 0 aromatic carbocycles. The fourth-order valence-corrected chi connectivity index (χ4v) is 3.47. The molecule has 0 spiro atoms. The maximum Gasteiger partial charge on any atom is 0.0496 e. The third-order valence-corrected chi connectivity index (χ3v) is 4.40. The van der Waals surface area contributed by atoms with E-state index in [1.54, 1.807) is 11.3 Å². The van der Waals surface area contributed by atoms with Crippen molar-refractivity contribution in [1.82, 2.24) is 5.43 Å². The van der Waals surface area contributed by atoms with E-state index < -0.39 is 0 Å². The summed E-state index contributed by atoms with van der Waals surface area (Å²) in [6.07, 6.45) is 9.61. The summed E-state index contributed by atoms with van der Waals surface area (Å²) in [6, 6.07) is 2.57. The Bertz CT molecular complexity index is 276. The molecule has 1 aliphatic rings. The van der Waals surface area contributed by atoms with Crippen LogP contribution >= 0.6 is 11.3 Å². The van der Waals surface area contributed by atoms with Gasteiger partial charge in [0, 0.05) is 6.04 Å². The molecule has 1 atom stereocenters. The highest BCUT2D eigenvalue weighted by Crippen LogP contribution is 2.33. The van der Waals surface area contributed by atoms with E-state index in [0.29, 0.717) is 6.04 Å². The van der Waals surface area contributed by atoms with E-state index in [2.05, 4.69) is 22.3 Å². The van der Waals surface area contributed by atoms with Crippen molar-refractivity contribution in [1.29, 1.82) is 0 Å². The first-order valence-corrected chi connectivity index (χ1v) is 7.34. The third-order valence-electron chi connectivity index (χ3n) is 3.70. The molecule has 1 aromatic heterocycles. The first-order valence-electron chi connectivity index (χ1n) is 6.40. The van der Waals surface area contributed by atoms with Crippen LogP contribution in [0.2, 0.25) is 0 Å². The standard InChI is InChI=1S/C13H22N2S/c14-15-13(12-8-9-16-10-12)11-6-4-2-1-3-5-7-11/h8-11,13,15H,1-7,14H2. The van der Waals surface area contributed by atoms with Crippen LogP contribution in [0.25, 0.3) is 0 Å². The van der Waals surface area contributed by atoms with E-state index in [9.17, 15) is 0 Å². The summed E-state index contributed by atoms with van der Waals surface area (Å²) >= 11 is 1.76. The van der Waals surface area contributed by atoms with Crippen LogP contribution in [0.4, 0.5) is 0 Å². The highest BCUT2D eigenvalue weighted by atomic mass is 32.1. The van der Waals surface area contributed by atoms with Crippen LogP contribution in [0, 0.1) is 5.92 Å². The molecule has 0 bridgehead atoms. The van der Waals surface area contributed by atoms with Gasteiger partial charge in [-0.1, -0.05) is 32.1 Å². The molecule has 90 valence electrons. The zero-order valence-electron chi connectivity index (χ0n) is 9.82. The quantitative estimate of drug-likeness (QED) is 0.623. The second-order valence-corrected chi connectivity index (χ2v) is 5.59. The van der Waals surface area contributed by atoms with Crippen molar-refractivity contribution in [2.45, 2.75) is 51.0 Å². The van der Waals surface area contributed by atoms with Crippen LogP contribution < -0.4 is 11.3 Å². The normalized spacial score (nSPS) is 21.3. The van der Waals surface area contributed by atoms with Gasteiger partial charge in [0.05, 0.1) is 0 Å². The molecule has 3 heteroatoms. The lowest BCUT2D eigenvalue weighted by Gasteiger charge is -2.27. The Labute approximate surface area is 102 Å². The molecule has 1 aliphatic carbocycles. The van der Waals surface area contributed by atoms with Gasteiger partial charge in [-0.25, -0.2) is 0 Å². The molecule has 16 heavy (non-hydrogen) atoms. The van der Waals surface area contributed by atoms with Crippen molar-refractivity contribution in [2.75, 3.05) is 0 Å². The third kappa shape index (κ3) is 3.06. The molecule has 1 unspecified atom stereocenters. The number of rotatable bonds is 3. The van der Waals surface area contributed by atoms with Crippen LogP contribution in [-0.4, -0.2) is 0 Å². The Kier molecular flexibility index (Phi) is 4.82. The maximum atomic E-state index is 5.74. The molecule has 2 nitrogen and oxygen atoms in total. The Balaban J connectivity index is 2.01. The van der Waals surface area contributed by atoms with Gasteiger partial charge in [-0.2, -0.15) is 11.3 Å². The SMILES string of the molecule is NNC(c1ccsc1)C1CCCCCCC1. The van der Waals surface area contributed by atoms with Crippen molar-refractivity contribution < 1.29 is 0 Å². The topological polar surface area (TPSA) is 38.0 Å². The molecule has 1 saturated carbocycles. The van der Waals surface area contributed by atoms with E-state index in [-0.39, 0.29) is 0 Å². The van der Waals surface area contributed by atoms with Crippen molar-refractivity contribution in [3.8, 4) is 0 Å². The Morgan fingerprint density at radius 2 is 1.88 bits per heavy atom. The summed E-state index contributed by atoms with van der Waals surface area (Å²) in [5.74, 6) is 6.46. The minimum atomic E-state index is 0.365. The van der Waals surface area contributed by atoms with Crippen molar-refractivity contribution >= 4 is 11.3 Å². The van der Waals surface area contributed by atoms with E-state index >= 15 is 0 Å². The Morgan fingerprint density at radius 3 is 2.44 bits per heavy atom. The van der Waals surface area contributed by atoms with Gasteiger partial charge in [-0.3, -0.25) is 11.3 Å². The molecule has 1 fully saturated rings. The molecule has 3 N–H and O–H groups in total. The molecule has 1 aromatic rings. The predicted molar refractivity (Wildman–Crippen MR) is 70.2 cm³/mol. The van der Waals surface area contributed by atoms with Gasteiger partial charge in [0.25, 0.3) is 0 Å². The highest BCUT2D eigenvalue weighted by molar-refractivity contribution is 7.07. The second kappa shape index (κ2) is 6.38. The first-order chi connectivity index (χ1) is 7.92. The fraction of sp³-hybridized carbons (Fsp3) is 0.692. The van der Waals surface area contributed by atoms with Gasteiger partial charge in [0.1, 0.15) is 0 Å². The smallest absolute Gasteiger partial charge is 0.0496 e. The van der Waals surface area contributed by atoms with E-state index in [4.69, 9.17) is 5.84 Å². The number of hydrogen-bond acceptors (Lipinski definition) is 3. The number of thiophene rings is 1. The number of nitrogens with two attached hydrogens (primary N) is 1.